The van der Waals surface area contributed by atoms with Crippen LogP contribution in [0.1, 0.15) is 51.0 Å². The normalized spacial score (nSPS) is 16.7. The van der Waals surface area contributed by atoms with Crippen LogP contribution in [0.15, 0.2) is 18.3 Å². The van der Waals surface area contributed by atoms with Crippen LogP contribution in [-0.2, 0) is 11.3 Å². The monoisotopic (exact) mass is 292 g/mol. The van der Waals surface area contributed by atoms with Gasteiger partial charge in [-0.05, 0) is 24.8 Å². The molecule has 1 fully saturated rings. The first-order valence-corrected chi connectivity index (χ1v) is 7.68. The van der Waals surface area contributed by atoms with Crippen molar-refractivity contribution in [2.75, 3.05) is 6.61 Å². The molecule has 0 spiro atoms. The molecule has 1 aromatic heterocycles. The number of carbonyl (C=O) groups is 1. The highest BCUT2D eigenvalue weighted by Gasteiger charge is 2.33. The van der Waals surface area contributed by atoms with Gasteiger partial charge in [0.05, 0.1) is 18.6 Å². The maximum absolute atomic E-state index is 11.9. The van der Waals surface area contributed by atoms with Gasteiger partial charge in [-0.1, -0.05) is 25.8 Å². The van der Waals surface area contributed by atoms with E-state index in [1.54, 1.807) is 6.20 Å². The molecule has 0 saturated heterocycles. The fourth-order valence-electron chi connectivity index (χ4n) is 2.58. The molecular formula is C16H24N2O3. The van der Waals surface area contributed by atoms with Crippen molar-refractivity contribution in [1.82, 2.24) is 10.3 Å². The Kier molecular flexibility index (Phi) is 5.56. The van der Waals surface area contributed by atoms with Gasteiger partial charge in [0.25, 0.3) is 0 Å². The summed E-state index contributed by atoms with van der Waals surface area (Å²) in [5.41, 5.74) is 0.130. The molecule has 1 aliphatic carbocycles. The average Bonchev–Trinajstić information content (AvgIpc) is 2.90. The van der Waals surface area contributed by atoms with Gasteiger partial charge in [-0.15, -0.1) is 0 Å². The summed E-state index contributed by atoms with van der Waals surface area (Å²) in [6, 6.07) is 3.70. The lowest BCUT2D eigenvalue weighted by molar-refractivity contribution is -0.126. The molecule has 1 aromatic rings. The number of nitrogens with one attached hydrogen (secondary N) is 1. The van der Waals surface area contributed by atoms with Gasteiger partial charge < -0.3 is 15.2 Å². The van der Waals surface area contributed by atoms with Crippen LogP contribution in [0.3, 0.4) is 0 Å². The second kappa shape index (κ2) is 7.41. The third kappa shape index (κ3) is 5.01. The van der Waals surface area contributed by atoms with Gasteiger partial charge in [0, 0.05) is 18.8 Å². The highest BCUT2D eigenvalue weighted by atomic mass is 16.5. The van der Waals surface area contributed by atoms with Crippen LogP contribution < -0.4 is 10.1 Å². The number of hydrogen-bond donors (Lipinski definition) is 2. The first-order valence-electron chi connectivity index (χ1n) is 7.68. The fourth-order valence-corrected chi connectivity index (χ4v) is 2.58. The van der Waals surface area contributed by atoms with Crippen LogP contribution >= 0.6 is 0 Å². The largest absolute Gasteiger partial charge is 0.478 e. The Balaban J connectivity index is 1.75. The molecule has 1 heterocycles. The van der Waals surface area contributed by atoms with Crippen LogP contribution in [-0.4, -0.2) is 28.2 Å². The van der Waals surface area contributed by atoms with Gasteiger partial charge in [0.1, 0.15) is 0 Å². The van der Waals surface area contributed by atoms with Gasteiger partial charge in [-0.3, -0.25) is 4.79 Å². The summed E-state index contributed by atoms with van der Waals surface area (Å²) < 4.78 is 5.41. The SMILES string of the molecule is CCCOc1ccc(CNC(=O)CC2(O)CCCC2)cn1. The van der Waals surface area contributed by atoms with Gasteiger partial charge in [-0.2, -0.15) is 0 Å². The zero-order valence-electron chi connectivity index (χ0n) is 12.6. The average molecular weight is 292 g/mol. The van der Waals surface area contributed by atoms with Crippen LogP contribution in [0.25, 0.3) is 0 Å². The van der Waals surface area contributed by atoms with Crippen LogP contribution in [0, 0.1) is 0 Å². The number of pyridine rings is 1. The van der Waals surface area contributed by atoms with Gasteiger partial charge in [-0.25, -0.2) is 4.98 Å². The summed E-state index contributed by atoms with van der Waals surface area (Å²) in [6.07, 6.45) is 6.31. The van der Waals surface area contributed by atoms with E-state index in [9.17, 15) is 9.90 Å². The zero-order valence-corrected chi connectivity index (χ0v) is 12.6. The first-order chi connectivity index (χ1) is 10.1. The smallest absolute Gasteiger partial charge is 0.223 e. The predicted molar refractivity (Wildman–Crippen MR) is 79.9 cm³/mol. The van der Waals surface area contributed by atoms with E-state index < -0.39 is 5.60 Å². The van der Waals surface area contributed by atoms with E-state index in [1.165, 1.54) is 0 Å². The number of aliphatic hydroxyl groups is 1. The molecule has 1 saturated carbocycles. The van der Waals surface area contributed by atoms with Crippen molar-refractivity contribution in [1.29, 1.82) is 0 Å². The highest BCUT2D eigenvalue weighted by molar-refractivity contribution is 5.77. The molecule has 0 aliphatic heterocycles. The van der Waals surface area contributed by atoms with E-state index in [0.717, 1.165) is 37.7 Å². The Morgan fingerprint density at radius 3 is 2.81 bits per heavy atom. The summed E-state index contributed by atoms with van der Waals surface area (Å²) >= 11 is 0. The van der Waals surface area contributed by atoms with Crippen molar-refractivity contribution < 1.29 is 14.6 Å². The number of nitrogens with zero attached hydrogens (tertiary/aromatic N) is 1. The maximum Gasteiger partial charge on any atom is 0.223 e. The highest BCUT2D eigenvalue weighted by Crippen LogP contribution is 2.32. The second-order valence-electron chi connectivity index (χ2n) is 5.74. The number of hydrogen-bond acceptors (Lipinski definition) is 4. The zero-order chi connectivity index (χ0) is 15.1. The number of rotatable bonds is 7. The number of carbonyl (C=O) groups excluding carboxylic acids is 1. The van der Waals surface area contributed by atoms with Gasteiger partial charge >= 0.3 is 0 Å². The van der Waals surface area contributed by atoms with Crippen LogP contribution in [0.5, 0.6) is 5.88 Å². The van der Waals surface area contributed by atoms with E-state index in [2.05, 4.69) is 10.3 Å². The number of amides is 1. The molecule has 1 amide bonds. The molecule has 1 aliphatic rings. The summed E-state index contributed by atoms with van der Waals surface area (Å²) in [4.78, 5) is 16.1. The molecule has 116 valence electrons. The molecule has 0 bridgehead atoms. The Bertz CT molecular complexity index is 453. The summed E-state index contributed by atoms with van der Waals surface area (Å²) in [5, 5.41) is 13.0. The van der Waals surface area contributed by atoms with Crippen LogP contribution in [0.2, 0.25) is 0 Å². The molecular weight excluding hydrogens is 268 g/mol. The lowest BCUT2D eigenvalue weighted by Gasteiger charge is -2.21. The fraction of sp³-hybridized carbons (Fsp3) is 0.625. The second-order valence-corrected chi connectivity index (χ2v) is 5.74. The van der Waals surface area contributed by atoms with Gasteiger partial charge in [0.15, 0.2) is 0 Å². The van der Waals surface area contributed by atoms with E-state index >= 15 is 0 Å². The van der Waals surface area contributed by atoms with E-state index in [-0.39, 0.29) is 12.3 Å². The summed E-state index contributed by atoms with van der Waals surface area (Å²) in [6.45, 7) is 3.12. The Morgan fingerprint density at radius 2 is 2.19 bits per heavy atom. The molecule has 0 aromatic carbocycles. The predicted octanol–water partition coefficient (Wildman–Crippen LogP) is 2.18. The Labute approximate surface area is 125 Å². The Hall–Kier alpha value is -1.62. The van der Waals surface area contributed by atoms with Crippen molar-refractivity contribution >= 4 is 5.91 Å². The van der Waals surface area contributed by atoms with E-state index in [0.29, 0.717) is 19.0 Å². The molecule has 0 unspecified atom stereocenters. The number of aromatic nitrogens is 1. The number of ether oxygens (including phenoxy) is 1. The minimum atomic E-state index is -0.791. The van der Waals surface area contributed by atoms with Crippen molar-refractivity contribution in [2.45, 2.75) is 57.6 Å². The Morgan fingerprint density at radius 1 is 1.43 bits per heavy atom. The van der Waals surface area contributed by atoms with E-state index in [4.69, 9.17) is 4.74 Å². The molecule has 0 radical (unpaired) electrons. The molecule has 2 rings (SSSR count). The van der Waals surface area contributed by atoms with Gasteiger partial charge in [0.2, 0.25) is 11.8 Å². The van der Waals surface area contributed by atoms with Crippen molar-refractivity contribution in [3.8, 4) is 5.88 Å². The van der Waals surface area contributed by atoms with Crippen molar-refractivity contribution in [3.05, 3.63) is 23.9 Å². The molecule has 5 nitrogen and oxygen atoms in total. The standard InChI is InChI=1S/C16H24N2O3/c1-2-9-21-15-6-5-13(12-18-15)11-17-14(19)10-16(20)7-3-4-8-16/h5-6,12,20H,2-4,7-11H2,1H3,(H,17,19). The summed E-state index contributed by atoms with van der Waals surface area (Å²) in [7, 11) is 0. The molecule has 21 heavy (non-hydrogen) atoms. The lowest BCUT2D eigenvalue weighted by Crippen LogP contribution is -2.34. The first kappa shape index (κ1) is 15.8. The quantitative estimate of drug-likeness (QED) is 0.808. The lowest BCUT2D eigenvalue weighted by atomic mass is 9.98. The summed E-state index contributed by atoms with van der Waals surface area (Å²) in [5.74, 6) is 0.498. The van der Waals surface area contributed by atoms with Crippen molar-refractivity contribution in [2.24, 2.45) is 0 Å². The maximum atomic E-state index is 11.9. The van der Waals surface area contributed by atoms with Crippen molar-refractivity contribution in [3.63, 3.8) is 0 Å². The molecule has 5 heteroatoms. The minimum Gasteiger partial charge on any atom is -0.478 e. The molecule has 0 atom stereocenters. The topological polar surface area (TPSA) is 71.5 Å². The third-order valence-corrected chi connectivity index (χ3v) is 3.77. The minimum absolute atomic E-state index is 0.106. The third-order valence-electron chi connectivity index (χ3n) is 3.77. The van der Waals surface area contributed by atoms with E-state index in [1.807, 2.05) is 19.1 Å². The molecule has 2 N–H and O–H groups in total. The van der Waals surface area contributed by atoms with Crippen LogP contribution in [0.4, 0.5) is 0 Å².